The van der Waals surface area contributed by atoms with Crippen molar-refractivity contribution in [3.8, 4) is 0 Å². The van der Waals surface area contributed by atoms with Crippen molar-refractivity contribution in [2.45, 2.75) is 39.0 Å². The Morgan fingerprint density at radius 1 is 1.35 bits per heavy atom. The van der Waals surface area contributed by atoms with Crippen LogP contribution in [0.5, 0.6) is 0 Å². The Morgan fingerprint density at radius 2 is 2.13 bits per heavy atom. The number of amides is 2. The second kappa shape index (κ2) is 6.07. The van der Waals surface area contributed by atoms with Gasteiger partial charge in [-0.2, -0.15) is 5.10 Å². The van der Waals surface area contributed by atoms with Crippen molar-refractivity contribution in [2.24, 2.45) is 5.10 Å². The van der Waals surface area contributed by atoms with Gasteiger partial charge in [0.25, 0.3) is 5.91 Å². The number of fused-ring (bicyclic) bond motifs is 1. The minimum atomic E-state index is -0.140. The highest BCUT2D eigenvalue weighted by Crippen LogP contribution is 2.23. The van der Waals surface area contributed by atoms with Crippen molar-refractivity contribution in [1.29, 1.82) is 0 Å². The van der Waals surface area contributed by atoms with E-state index in [1.807, 2.05) is 11.5 Å². The second-order valence-electron chi connectivity index (χ2n) is 5.83. The molecule has 2 amide bonds. The predicted molar refractivity (Wildman–Crippen MR) is 80.3 cm³/mol. The SMILES string of the molecule is COCc1nnc2n1[C@@H](C)CN(C(=O)C1=NN(C)C(=O)CC1)C2. The minimum absolute atomic E-state index is 0.0615. The van der Waals surface area contributed by atoms with Crippen molar-refractivity contribution in [3.05, 3.63) is 11.6 Å². The van der Waals surface area contributed by atoms with E-state index in [0.29, 0.717) is 38.2 Å². The summed E-state index contributed by atoms with van der Waals surface area (Å²) in [5.41, 5.74) is 0.421. The van der Waals surface area contributed by atoms with Crippen LogP contribution >= 0.6 is 0 Å². The van der Waals surface area contributed by atoms with Gasteiger partial charge in [0.1, 0.15) is 12.3 Å². The van der Waals surface area contributed by atoms with Crippen LogP contribution in [0.4, 0.5) is 0 Å². The van der Waals surface area contributed by atoms with E-state index in [-0.39, 0.29) is 17.9 Å². The van der Waals surface area contributed by atoms with Gasteiger partial charge in [-0.25, -0.2) is 5.01 Å². The first-order chi connectivity index (χ1) is 11.0. The molecule has 0 radical (unpaired) electrons. The average Bonchev–Trinajstić information content (AvgIpc) is 2.93. The third-order valence-corrected chi connectivity index (χ3v) is 4.11. The molecule has 0 saturated heterocycles. The maximum Gasteiger partial charge on any atom is 0.270 e. The van der Waals surface area contributed by atoms with E-state index in [1.54, 1.807) is 19.1 Å². The van der Waals surface area contributed by atoms with Crippen LogP contribution in [0, 0.1) is 0 Å². The fourth-order valence-corrected chi connectivity index (χ4v) is 3.00. The van der Waals surface area contributed by atoms with Crippen LogP contribution in [0.3, 0.4) is 0 Å². The van der Waals surface area contributed by atoms with Crippen molar-refractivity contribution in [3.63, 3.8) is 0 Å². The molecule has 2 aliphatic rings. The van der Waals surface area contributed by atoms with Gasteiger partial charge in [0, 0.05) is 33.5 Å². The lowest BCUT2D eigenvalue weighted by atomic mass is 10.1. The normalized spacial score (nSPS) is 21.3. The summed E-state index contributed by atoms with van der Waals surface area (Å²) in [5, 5.41) is 13.6. The van der Waals surface area contributed by atoms with Gasteiger partial charge in [0.05, 0.1) is 12.6 Å². The third-order valence-electron chi connectivity index (χ3n) is 4.11. The zero-order chi connectivity index (χ0) is 16.6. The summed E-state index contributed by atoms with van der Waals surface area (Å²) >= 11 is 0. The number of methoxy groups -OCH3 is 1. The molecule has 0 bridgehead atoms. The number of hydrogen-bond donors (Lipinski definition) is 0. The van der Waals surface area contributed by atoms with Gasteiger partial charge < -0.3 is 14.2 Å². The van der Waals surface area contributed by atoms with Crippen molar-refractivity contribution in [1.82, 2.24) is 24.7 Å². The molecule has 9 heteroatoms. The Balaban J connectivity index is 1.79. The van der Waals surface area contributed by atoms with Gasteiger partial charge in [-0.05, 0) is 6.92 Å². The Morgan fingerprint density at radius 3 is 2.83 bits per heavy atom. The van der Waals surface area contributed by atoms with Gasteiger partial charge >= 0.3 is 0 Å². The standard InChI is InChI=1S/C14H20N6O3/c1-9-6-19(7-11-15-16-12(8-23-3)20(9)11)14(22)10-4-5-13(21)18(2)17-10/h9H,4-8H2,1-3H3/t9-/m0/s1. The molecule has 3 rings (SSSR count). The van der Waals surface area contributed by atoms with Crippen molar-refractivity contribution in [2.75, 3.05) is 20.7 Å². The number of nitrogens with zero attached hydrogens (tertiary/aromatic N) is 6. The molecule has 0 fully saturated rings. The van der Waals surface area contributed by atoms with E-state index in [2.05, 4.69) is 15.3 Å². The second-order valence-corrected chi connectivity index (χ2v) is 5.83. The van der Waals surface area contributed by atoms with E-state index < -0.39 is 0 Å². The quantitative estimate of drug-likeness (QED) is 0.777. The molecule has 1 atom stereocenters. The minimum Gasteiger partial charge on any atom is -0.377 e. The fraction of sp³-hybridized carbons (Fsp3) is 0.643. The van der Waals surface area contributed by atoms with Crippen LogP contribution in [0.15, 0.2) is 5.10 Å². The molecule has 124 valence electrons. The maximum atomic E-state index is 12.7. The van der Waals surface area contributed by atoms with Crippen molar-refractivity contribution >= 4 is 17.5 Å². The first-order valence-corrected chi connectivity index (χ1v) is 7.56. The molecule has 1 aromatic heterocycles. The van der Waals surface area contributed by atoms with Crippen LogP contribution in [0.1, 0.15) is 37.5 Å². The molecule has 0 spiro atoms. The predicted octanol–water partition coefficient (Wildman–Crippen LogP) is -0.0641. The zero-order valence-electron chi connectivity index (χ0n) is 13.5. The summed E-state index contributed by atoms with van der Waals surface area (Å²) in [4.78, 5) is 25.9. The molecule has 0 aromatic carbocycles. The van der Waals surface area contributed by atoms with Crippen LogP contribution in [-0.2, 0) is 27.5 Å². The molecule has 0 saturated carbocycles. The largest absolute Gasteiger partial charge is 0.377 e. The topological polar surface area (TPSA) is 92.9 Å². The molecule has 0 unspecified atom stereocenters. The van der Waals surface area contributed by atoms with Crippen LogP contribution in [0.2, 0.25) is 0 Å². The van der Waals surface area contributed by atoms with E-state index in [1.165, 1.54) is 5.01 Å². The summed E-state index contributed by atoms with van der Waals surface area (Å²) in [5.74, 6) is 1.30. The molecule has 1 aromatic rings. The van der Waals surface area contributed by atoms with Gasteiger partial charge in [0.15, 0.2) is 11.6 Å². The van der Waals surface area contributed by atoms with Crippen LogP contribution in [-0.4, -0.2) is 62.9 Å². The van der Waals surface area contributed by atoms with Gasteiger partial charge in [-0.1, -0.05) is 0 Å². The Labute approximate surface area is 133 Å². The number of carbonyl (C=O) groups is 2. The lowest BCUT2D eigenvalue weighted by molar-refractivity contribution is -0.131. The van der Waals surface area contributed by atoms with Crippen molar-refractivity contribution < 1.29 is 14.3 Å². The summed E-state index contributed by atoms with van der Waals surface area (Å²) in [6.45, 7) is 3.35. The average molecular weight is 320 g/mol. The molecule has 23 heavy (non-hydrogen) atoms. The highest BCUT2D eigenvalue weighted by Gasteiger charge is 2.32. The lowest BCUT2D eigenvalue weighted by Crippen LogP contribution is -2.45. The lowest BCUT2D eigenvalue weighted by Gasteiger charge is -2.33. The Bertz CT molecular complexity index is 667. The van der Waals surface area contributed by atoms with E-state index >= 15 is 0 Å². The first kappa shape index (κ1) is 15.6. The Kier molecular flexibility index (Phi) is 4.12. The maximum absolute atomic E-state index is 12.7. The molecule has 3 heterocycles. The van der Waals surface area contributed by atoms with Gasteiger partial charge in [-0.3, -0.25) is 9.59 Å². The number of aromatic nitrogens is 3. The van der Waals surface area contributed by atoms with E-state index in [4.69, 9.17) is 4.74 Å². The van der Waals surface area contributed by atoms with Gasteiger partial charge in [0.2, 0.25) is 5.91 Å². The smallest absolute Gasteiger partial charge is 0.270 e. The monoisotopic (exact) mass is 320 g/mol. The van der Waals surface area contributed by atoms with Crippen LogP contribution < -0.4 is 0 Å². The highest BCUT2D eigenvalue weighted by atomic mass is 16.5. The Hall–Kier alpha value is -2.29. The number of ether oxygens (including phenoxy) is 1. The highest BCUT2D eigenvalue weighted by molar-refractivity contribution is 6.39. The molecular formula is C14H20N6O3. The summed E-state index contributed by atoms with van der Waals surface area (Å²) in [7, 11) is 3.19. The molecule has 2 aliphatic heterocycles. The summed E-state index contributed by atoms with van der Waals surface area (Å²) in [6, 6.07) is 0.0615. The molecule has 0 aliphatic carbocycles. The third kappa shape index (κ3) is 2.83. The molecule has 0 N–H and O–H groups in total. The number of rotatable bonds is 3. The molecule has 9 nitrogen and oxygen atoms in total. The van der Waals surface area contributed by atoms with Crippen LogP contribution in [0.25, 0.3) is 0 Å². The number of hydrogen-bond acceptors (Lipinski definition) is 6. The fourth-order valence-electron chi connectivity index (χ4n) is 3.00. The van der Waals surface area contributed by atoms with Gasteiger partial charge in [-0.15, -0.1) is 10.2 Å². The summed E-state index contributed by atoms with van der Waals surface area (Å²) < 4.78 is 7.15. The van der Waals surface area contributed by atoms with E-state index in [9.17, 15) is 9.59 Å². The number of hydrazone groups is 1. The molecular weight excluding hydrogens is 300 g/mol. The first-order valence-electron chi connectivity index (χ1n) is 7.56. The zero-order valence-corrected chi connectivity index (χ0v) is 13.5. The van der Waals surface area contributed by atoms with E-state index in [0.717, 1.165) is 11.6 Å². The summed E-state index contributed by atoms with van der Waals surface area (Å²) in [6.07, 6.45) is 0.702. The number of carbonyl (C=O) groups excluding carboxylic acids is 2.